The molecule has 0 unspecified atom stereocenters. The van der Waals surface area contributed by atoms with Crippen molar-refractivity contribution in [3.63, 3.8) is 0 Å². The van der Waals surface area contributed by atoms with E-state index in [4.69, 9.17) is 14.2 Å². The monoisotopic (exact) mass is 542 g/mol. The Kier molecular flexibility index (Phi) is 8.11. The van der Waals surface area contributed by atoms with Gasteiger partial charge in [-0.1, -0.05) is 5.16 Å². The first-order chi connectivity index (χ1) is 18.7. The van der Waals surface area contributed by atoms with Crippen LogP contribution in [0, 0.1) is 26.6 Å². The number of nitrogens with zero attached hydrogens (tertiary/aromatic N) is 4. The molecule has 0 spiro atoms. The van der Waals surface area contributed by atoms with Gasteiger partial charge in [0.25, 0.3) is 0 Å². The van der Waals surface area contributed by atoms with Crippen LogP contribution >= 0.6 is 0 Å². The minimum absolute atomic E-state index is 0.0369. The molecule has 1 saturated carbocycles. The number of nitrogens with one attached hydrogen (secondary N) is 2. The van der Waals surface area contributed by atoms with Crippen LogP contribution in [0.3, 0.4) is 0 Å². The van der Waals surface area contributed by atoms with Gasteiger partial charge in [-0.15, -0.1) is 0 Å². The van der Waals surface area contributed by atoms with Gasteiger partial charge < -0.3 is 25.0 Å². The summed E-state index contributed by atoms with van der Waals surface area (Å²) in [6.07, 6.45) is 1.15. The highest BCUT2D eigenvalue weighted by Gasteiger charge is 2.37. The third kappa shape index (κ3) is 6.05. The first-order valence-corrected chi connectivity index (χ1v) is 13.5. The molecule has 0 radical (unpaired) electrons. The van der Waals surface area contributed by atoms with E-state index in [1.54, 1.807) is 14.0 Å². The molecular formula is C28H36F2N6O3. The third-order valence-corrected chi connectivity index (χ3v) is 7.44. The van der Waals surface area contributed by atoms with E-state index in [9.17, 15) is 5.11 Å². The second-order valence-corrected chi connectivity index (χ2v) is 10.5. The Morgan fingerprint density at radius 2 is 2.00 bits per heavy atom. The van der Waals surface area contributed by atoms with E-state index in [2.05, 4.69) is 25.7 Å². The van der Waals surface area contributed by atoms with Gasteiger partial charge in [-0.3, -0.25) is 4.90 Å². The van der Waals surface area contributed by atoms with E-state index >= 15 is 8.78 Å². The number of halogens is 2. The number of anilines is 1. The molecule has 39 heavy (non-hydrogen) atoms. The maximum absolute atomic E-state index is 15.3. The van der Waals surface area contributed by atoms with Crippen molar-refractivity contribution in [2.45, 2.75) is 64.4 Å². The van der Waals surface area contributed by atoms with Crippen LogP contribution in [0.2, 0.25) is 0 Å². The van der Waals surface area contributed by atoms with Crippen LogP contribution in [0.15, 0.2) is 22.7 Å². The Bertz CT molecular complexity index is 1300. The van der Waals surface area contributed by atoms with Gasteiger partial charge in [-0.25, -0.2) is 18.7 Å². The lowest BCUT2D eigenvalue weighted by molar-refractivity contribution is 0.108. The van der Waals surface area contributed by atoms with Crippen LogP contribution in [0.25, 0.3) is 22.6 Å². The van der Waals surface area contributed by atoms with E-state index in [1.807, 2.05) is 13.8 Å². The lowest BCUT2D eigenvalue weighted by Gasteiger charge is -2.35. The number of benzene rings is 1. The van der Waals surface area contributed by atoms with Gasteiger partial charge in [-0.2, -0.15) is 0 Å². The third-order valence-electron chi connectivity index (χ3n) is 7.44. The summed E-state index contributed by atoms with van der Waals surface area (Å²) in [5, 5.41) is 20.3. The molecule has 210 valence electrons. The molecule has 0 bridgehead atoms. The molecular weight excluding hydrogens is 506 g/mol. The Morgan fingerprint density at radius 1 is 1.21 bits per heavy atom. The minimum Gasteiger partial charge on any atom is -0.491 e. The SMILES string of the molecule is CNC[C@@H](O)COc1ccc(F)c(-c2nc(N[C@H]3CCN(C4CC4)C[C@H]3F)c(C)c(-c3c(C)noc3C)n2)c1. The van der Waals surface area contributed by atoms with Crippen molar-refractivity contribution < 1.29 is 23.1 Å². The van der Waals surface area contributed by atoms with Gasteiger partial charge in [0.05, 0.1) is 28.6 Å². The molecule has 3 N–H and O–H groups in total. The van der Waals surface area contributed by atoms with Crippen LogP contribution in [0.1, 0.15) is 36.3 Å². The Morgan fingerprint density at radius 3 is 2.67 bits per heavy atom. The highest BCUT2D eigenvalue weighted by Crippen LogP contribution is 2.36. The number of alkyl halides is 1. The number of aliphatic hydroxyl groups excluding tert-OH is 1. The Balaban J connectivity index is 1.50. The van der Waals surface area contributed by atoms with Gasteiger partial charge in [0.15, 0.2) is 5.82 Å². The second-order valence-electron chi connectivity index (χ2n) is 10.5. The van der Waals surface area contributed by atoms with Crippen molar-refractivity contribution in [3.8, 4) is 28.4 Å². The molecule has 1 aliphatic carbocycles. The van der Waals surface area contributed by atoms with E-state index in [1.165, 1.54) is 18.2 Å². The average Bonchev–Trinajstić information content (AvgIpc) is 3.71. The standard InChI is InChI=1S/C28H36F2N6O3/c1-15-26(25-16(2)35-39-17(25)3)33-28(21-11-20(7-8-22(21)29)38-14-19(37)12-31-4)34-27(15)32-24-9-10-36(13-23(24)30)18-5-6-18/h7-8,11,18-19,23-24,31,37H,5-6,9-10,12-14H2,1-4H3,(H,32,33,34)/t19-,23-,24+/m1/s1. The number of aliphatic hydroxyl groups is 1. The maximum atomic E-state index is 15.3. The lowest BCUT2D eigenvalue weighted by Crippen LogP contribution is -2.48. The number of likely N-dealkylation sites (tertiary alicyclic amines) is 1. The predicted octanol–water partition coefficient (Wildman–Crippen LogP) is 3.81. The zero-order valence-electron chi connectivity index (χ0n) is 22.8. The molecule has 2 aliphatic rings. The lowest BCUT2D eigenvalue weighted by atomic mass is 10.0. The molecule has 0 amide bonds. The normalized spacial score (nSPS) is 20.7. The number of hydrogen-bond donors (Lipinski definition) is 3. The molecule has 2 fully saturated rings. The number of ether oxygens (including phenoxy) is 1. The number of aromatic nitrogens is 3. The zero-order valence-corrected chi connectivity index (χ0v) is 22.8. The number of likely N-dealkylation sites (N-methyl/N-ethyl adjacent to an activating group) is 1. The summed E-state index contributed by atoms with van der Waals surface area (Å²) in [7, 11) is 1.73. The zero-order chi connectivity index (χ0) is 27.7. The maximum Gasteiger partial charge on any atom is 0.165 e. The highest BCUT2D eigenvalue weighted by molar-refractivity contribution is 5.74. The van der Waals surface area contributed by atoms with E-state index in [0.29, 0.717) is 65.4 Å². The largest absolute Gasteiger partial charge is 0.491 e. The quantitative estimate of drug-likeness (QED) is 0.352. The molecule has 1 aromatic carbocycles. The van der Waals surface area contributed by atoms with Crippen LogP contribution in [-0.2, 0) is 0 Å². The van der Waals surface area contributed by atoms with E-state index in [0.717, 1.165) is 19.4 Å². The second kappa shape index (κ2) is 11.5. The van der Waals surface area contributed by atoms with Crippen molar-refractivity contribution in [2.24, 2.45) is 0 Å². The smallest absolute Gasteiger partial charge is 0.165 e. The van der Waals surface area contributed by atoms with Gasteiger partial charge >= 0.3 is 0 Å². The van der Waals surface area contributed by atoms with Gasteiger partial charge in [0.2, 0.25) is 0 Å². The topological polar surface area (TPSA) is 109 Å². The summed E-state index contributed by atoms with van der Waals surface area (Å²) in [5.74, 6) is 0.984. The summed E-state index contributed by atoms with van der Waals surface area (Å²) < 4.78 is 41.5. The molecule has 3 atom stereocenters. The molecule has 5 rings (SSSR count). The summed E-state index contributed by atoms with van der Waals surface area (Å²) in [6, 6.07) is 4.38. The first-order valence-electron chi connectivity index (χ1n) is 13.5. The van der Waals surface area contributed by atoms with Crippen molar-refractivity contribution in [3.05, 3.63) is 41.0 Å². The van der Waals surface area contributed by atoms with Crippen LogP contribution in [0.5, 0.6) is 5.75 Å². The molecule has 3 aromatic rings. The van der Waals surface area contributed by atoms with Gasteiger partial charge in [0.1, 0.15) is 42.0 Å². The first kappa shape index (κ1) is 27.4. The van der Waals surface area contributed by atoms with E-state index in [-0.39, 0.29) is 18.0 Å². The van der Waals surface area contributed by atoms with Crippen molar-refractivity contribution in [1.82, 2.24) is 25.3 Å². The highest BCUT2D eigenvalue weighted by atomic mass is 19.1. The number of rotatable bonds is 10. The van der Waals surface area contributed by atoms with Crippen molar-refractivity contribution in [1.29, 1.82) is 0 Å². The van der Waals surface area contributed by atoms with Crippen molar-refractivity contribution in [2.75, 3.05) is 38.6 Å². The minimum atomic E-state index is -1.06. The summed E-state index contributed by atoms with van der Waals surface area (Å²) in [6.45, 7) is 7.08. The number of hydrogen-bond acceptors (Lipinski definition) is 9. The molecule has 9 nitrogen and oxygen atoms in total. The Labute approximate surface area is 227 Å². The fraction of sp³-hybridized carbons (Fsp3) is 0.536. The molecule has 1 aliphatic heterocycles. The fourth-order valence-electron chi connectivity index (χ4n) is 5.13. The van der Waals surface area contributed by atoms with Crippen molar-refractivity contribution >= 4 is 5.82 Å². The molecule has 11 heteroatoms. The molecule has 1 saturated heterocycles. The summed E-state index contributed by atoms with van der Waals surface area (Å²) >= 11 is 0. The van der Waals surface area contributed by atoms with Gasteiger partial charge in [-0.05, 0) is 65.3 Å². The fourth-order valence-corrected chi connectivity index (χ4v) is 5.13. The number of piperidine rings is 1. The van der Waals surface area contributed by atoms with Crippen LogP contribution in [-0.4, -0.2) is 82.8 Å². The molecule has 3 heterocycles. The number of aryl methyl sites for hydroxylation is 2. The van der Waals surface area contributed by atoms with Crippen LogP contribution < -0.4 is 15.4 Å². The summed E-state index contributed by atoms with van der Waals surface area (Å²) in [4.78, 5) is 11.7. The van der Waals surface area contributed by atoms with Gasteiger partial charge in [0, 0.05) is 31.2 Å². The van der Waals surface area contributed by atoms with E-state index < -0.39 is 24.1 Å². The van der Waals surface area contributed by atoms with Crippen LogP contribution in [0.4, 0.5) is 14.6 Å². The Hall–Kier alpha value is -3.15. The summed E-state index contributed by atoms with van der Waals surface area (Å²) in [5.41, 5.74) is 2.71. The molecule has 2 aromatic heterocycles. The predicted molar refractivity (Wildman–Crippen MR) is 144 cm³/mol. The average molecular weight is 543 g/mol.